The molecule has 3 rings (SSSR count). The summed E-state index contributed by atoms with van der Waals surface area (Å²) >= 11 is 3.21. The number of amides is 1. The van der Waals surface area contributed by atoms with E-state index in [4.69, 9.17) is 4.98 Å². The summed E-state index contributed by atoms with van der Waals surface area (Å²) in [5.74, 6) is 0.406. The molecule has 2 aromatic heterocycles. The summed E-state index contributed by atoms with van der Waals surface area (Å²) in [5, 5.41) is 4.94. The number of nitrogens with zero attached hydrogens (tertiary/aromatic N) is 2. The van der Waals surface area contributed by atoms with Gasteiger partial charge in [0.15, 0.2) is 0 Å². The third kappa shape index (κ3) is 3.87. The molecule has 0 bridgehead atoms. The number of thioether (sulfide) groups is 1. The summed E-state index contributed by atoms with van der Waals surface area (Å²) in [6.45, 7) is 2.01. The molecular weight excluding hydrogens is 314 g/mol. The molecule has 2 aromatic rings. The van der Waals surface area contributed by atoms with Gasteiger partial charge in [-0.05, 0) is 44.7 Å². The second-order valence-corrected chi connectivity index (χ2v) is 7.49. The highest BCUT2D eigenvalue weighted by atomic mass is 32.2. The number of thiazole rings is 1. The molecule has 0 fully saturated rings. The van der Waals surface area contributed by atoms with Crippen molar-refractivity contribution in [1.82, 2.24) is 15.3 Å². The molecule has 1 unspecified atom stereocenters. The highest BCUT2D eigenvalue weighted by Gasteiger charge is 2.19. The largest absolute Gasteiger partial charge is 0.346 e. The molecular formula is C16H19N3OS2. The molecule has 0 saturated carbocycles. The minimum Gasteiger partial charge on any atom is -0.346 e. The van der Waals surface area contributed by atoms with E-state index in [9.17, 15) is 4.79 Å². The number of hydrogen-bond donors (Lipinski definition) is 1. The quantitative estimate of drug-likeness (QED) is 0.852. The minimum atomic E-state index is -0.0209. The van der Waals surface area contributed by atoms with Gasteiger partial charge in [0.05, 0.1) is 22.5 Å². The number of hydrogen-bond acceptors (Lipinski definition) is 5. The lowest BCUT2D eigenvalue weighted by Gasteiger charge is -2.10. The Hall–Kier alpha value is -1.40. The van der Waals surface area contributed by atoms with Crippen LogP contribution in [0.1, 0.15) is 41.4 Å². The lowest BCUT2D eigenvalue weighted by atomic mass is 10.0. The first-order valence-electron chi connectivity index (χ1n) is 7.54. The smallest absolute Gasteiger partial charge is 0.230 e. The van der Waals surface area contributed by atoms with Crippen LogP contribution < -0.4 is 5.32 Å². The second kappa shape index (κ2) is 7.24. The summed E-state index contributed by atoms with van der Waals surface area (Å²) in [6, 6.07) is 5.69. The first-order chi connectivity index (χ1) is 10.7. The van der Waals surface area contributed by atoms with Crippen LogP contribution in [-0.4, -0.2) is 21.6 Å². The van der Waals surface area contributed by atoms with Crippen LogP contribution in [0.3, 0.4) is 0 Å². The normalized spacial score (nSPS) is 15.1. The number of aromatic nitrogens is 2. The van der Waals surface area contributed by atoms with Crippen LogP contribution in [0.2, 0.25) is 0 Å². The number of pyridine rings is 1. The molecule has 22 heavy (non-hydrogen) atoms. The van der Waals surface area contributed by atoms with Gasteiger partial charge in [0.2, 0.25) is 5.91 Å². The molecule has 116 valence electrons. The van der Waals surface area contributed by atoms with Crippen LogP contribution >= 0.6 is 23.1 Å². The van der Waals surface area contributed by atoms with Gasteiger partial charge in [0.25, 0.3) is 0 Å². The van der Waals surface area contributed by atoms with Crippen molar-refractivity contribution in [2.75, 3.05) is 5.75 Å². The van der Waals surface area contributed by atoms with Gasteiger partial charge < -0.3 is 5.32 Å². The molecule has 1 atom stereocenters. The van der Waals surface area contributed by atoms with Gasteiger partial charge in [-0.3, -0.25) is 4.79 Å². The van der Waals surface area contributed by atoms with Crippen molar-refractivity contribution >= 4 is 29.0 Å². The van der Waals surface area contributed by atoms with Crippen molar-refractivity contribution in [3.63, 3.8) is 0 Å². The Balaban J connectivity index is 1.53. The molecule has 1 aliphatic carbocycles. The van der Waals surface area contributed by atoms with Crippen molar-refractivity contribution in [1.29, 1.82) is 0 Å². The number of carbonyl (C=O) groups is 1. The molecule has 0 radical (unpaired) electrons. The van der Waals surface area contributed by atoms with Crippen molar-refractivity contribution in [3.8, 4) is 0 Å². The van der Waals surface area contributed by atoms with Crippen LogP contribution in [0.15, 0.2) is 29.4 Å². The van der Waals surface area contributed by atoms with Crippen LogP contribution in [0.25, 0.3) is 0 Å². The Labute approximate surface area is 138 Å². The Morgan fingerprint density at radius 3 is 3.05 bits per heavy atom. The summed E-state index contributed by atoms with van der Waals surface area (Å²) in [4.78, 5) is 22.4. The Bertz CT molecular complexity index is 619. The monoisotopic (exact) mass is 333 g/mol. The van der Waals surface area contributed by atoms with Gasteiger partial charge in [-0.25, -0.2) is 9.97 Å². The summed E-state index contributed by atoms with van der Waals surface area (Å²) in [5.41, 5.74) is 1.25. The van der Waals surface area contributed by atoms with Crippen molar-refractivity contribution in [2.45, 2.75) is 43.7 Å². The molecule has 1 aliphatic rings. The molecule has 2 heterocycles. The predicted octanol–water partition coefficient (Wildman–Crippen LogP) is 3.39. The topological polar surface area (TPSA) is 54.9 Å². The SMILES string of the molecule is CC(NC(=O)CSc1ccccn1)c1nc2c(s1)CCCC2. The lowest BCUT2D eigenvalue weighted by Crippen LogP contribution is -2.28. The van der Waals surface area contributed by atoms with E-state index in [2.05, 4.69) is 10.3 Å². The van der Waals surface area contributed by atoms with Crippen LogP contribution in [0.4, 0.5) is 0 Å². The number of fused-ring (bicyclic) bond motifs is 1. The molecule has 1 N–H and O–H groups in total. The van der Waals surface area contributed by atoms with Gasteiger partial charge in [0, 0.05) is 11.1 Å². The summed E-state index contributed by atoms with van der Waals surface area (Å²) < 4.78 is 0. The summed E-state index contributed by atoms with van der Waals surface area (Å²) in [6.07, 6.45) is 6.46. The van der Waals surface area contributed by atoms with Gasteiger partial charge in [0.1, 0.15) is 5.01 Å². The number of nitrogens with one attached hydrogen (secondary N) is 1. The number of aryl methyl sites for hydroxylation is 2. The molecule has 0 saturated heterocycles. The molecule has 4 nitrogen and oxygen atoms in total. The zero-order valence-corrected chi connectivity index (χ0v) is 14.2. The fraction of sp³-hybridized carbons (Fsp3) is 0.438. The average Bonchev–Trinajstić information content (AvgIpc) is 2.98. The predicted molar refractivity (Wildman–Crippen MR) is 90.3 cm³/mol. The van der Waals surface area contributed by atoms with Crippen molar-refractivity contribution in [2.24, 2.45) is 0 Å². The van der Waals surface area contributed by atoms with E-state index in [-0.39, 0.29) is 11.9 Å². The highest BCUT2D eigenvalue weighted by Crippen LogP contribution is 2.29. The van der Waals surface area contributed by atoms with Crippen molar-refractivity contribution < 1.29 is 4.79 Å². The Kier molecular flexibility index (Phi) is 5.10. The zero-order chi connectivity index (χ0) is 15.4. The number of carbonyl (C=O) groups excluding carboxylic acids is 1. The van der Waals surface area contributed by atoms with E-state index in [1.807, 2.05) is 25.1 Å². The zero-order valence-electron chi connectivity index (χ0n) is 12.5. The number of rotatable bonds is 5. The van der Waals surface area contributed by atoms with Gasteiger partial charge in [-0.1, -0.05) is 17.8 Å². The second-order valence-electron chi connectivity index (χ2n) is 5.37. The lowest BCUT2D eigenvalue weighted by molar-refractivity contribution is -0.119. The molecule has 6 heteroatoms. The minimum absolute atomic E-state index is 0.0209. The van der Waals surface area contributed by atoms with E-state index in [1.165, 1.54) is 35.2 Å². The van der Waals surface area contributed by atoms with E-state index in [0.717, 1.165) is 22.9 Å². The van der Waals surface area contributed by atoms with Gasteiger partial charge in [-0.15, -0.1) is 11.3 Å². The maximum absolute atomic E-state index is 12.1. The molecule has 0 spiro atoms. The van der Waals surface area contributed by atoms with Crippen LogP contribution in [0, 0.1) is 0 Å². The Morgan fingerprint density at radius 2 is 2.27 bits per heavy atom. The highest BCUT2D eigenvalue weighted by molar-refractivity contribution is 7.99. The average molecular weight is 333 g/mol. The van der Waals surface area contributed by atoms with E-state index >= 15 is 0 Å². The van der Waals surface area contributed by atoms with E-state index in [1.54, 1.807) is 17.5 Å². The standard InChI is InChI=1S/C16H19N3OS2/c1-11(16-19-12-6-2-3-7-13(12)22-16)18-14(20)10-21-15-8-4-5-9-17-15/h4-5,8-9,11H,2-3,6-7,10H2,1H3,(H,18,20). The fourth-order valence-electron chi connectivity index (χ4n) is 2.47. The molecule has 0 aliphatic heterocycles. The summed E-state index contributed by atoms with van der Waals surface area (Å²) in [7, 11) is 0. The van der Waals surface area contributed by atoms with Gasteiger partial charge in [-0.2, -0.15) is 0 Å². The molecule has 1 amide bonds. The first kappa shape index (κ1) is 15.5. The van der Waals surface area contributed by atoms with E-state index < -0.39 is 0 Å². The first-order valence-corrected chi connectivity index (χ1v) is 9.34. The Morgan fingerprint density at radius 1 is 1.41 bits per heavy atom. The van der Waals surface area contributed by atoms with Crippen LogP contribution in [0.5, 0.6) is 0 Å². The van der Waals surface area contributed by atoms with E-state index in [0.29, 0.717) is 5.75 Å². The van der Waals surface area contributed by atoms with Crippen LogP contribution in [-0.2, 0) is 17.6 Å². The maximum atomic E-state index is 12.1. The van der Waals surface area contributed by atoms with Crippen molar-refractivity contribution in [3.05, 3.63) is 40.0 Å². The molecule has 0 aromatic carbocycles. The fourth-order valence-corrected chi connectivity index (χ4v) is 4.30. The van der Waals surface area contributed by atoms with Gasteiger partial charge >= 0.3 is 0 Å². The third-order valence-corrected chi connectivity index (χ3v) is 5.88. The maximum Gasteiger partial charge on any atom is 0.230 e. The third-order valence-electron chi connectivity index (χ3n) is 3.60.